The molecule has 1 N–H and O–H groups in total. The molecule has 0 saturated carbocycles. The van der Waals surface area contributed by atoms with Gasteiger partial charge in [0.2, 0.25) is 11.8 Å². The summed E-state index contributed by atoms with van der Waals surface area (Å²) in [5.41, 5.74) is 1.35. The van der Waals surface area contributed by atoms with Crippen molar-refractivity contribution in [3.05, 3.63) is 54.9 Å². The fourth-order valence-electron chi connectivity index (χ4n) is 2.47. The van der Waals surface area contributed by atoms with Crippen LogP contribution in [0.3, 0.4) is 0 Å². The zero-order valence-corrected chi connectivity index (χ0v) is 15.3. The van der Waals surface area contributed by atoms with E-state index in [4.69, 9.17) is 4.42 Å². The van der Waals surface area contributed by atoms with E-state index in [1.54, 1.807) is 36.7 Å². The van der Waals surface area contributed by atoms with Crippen LogP contribution in [0.1, 0.15) is 6.42 Å². The third-order valence-electron chi connectivity index (χ3n) is 3.70. The Labute approximate surface area is 163 Å². The summed E-state index contributed by atoms with van der Waals surface area (Å²) in [5.74, 6) is 0.175. The Bertz CT molecular complexity index is 1020. The molecular formula is C18H14N6O3S. The van der Waals surface area contributed by atoms with Gasteiger partial charge in [-0.15, -0.1) is 10.2 Å². The van der Waals surface area contributed by atoms with Crippen LogP contribution >= 0.6 is 11.8 Å². The lowest BCUT2D eigenvalue weighted by Crippen LogP contribution is -2.31. The number of rotatable bonds is 5. The van der Waals surface area contributed by atoms with Crippen LogP contribution in [-0.2, 0) is 9.59 Å². The van der Waals surface area contributed by atoms with E-state index in [1.165, 1.54) is 5.01 Å². The highest BCUT2D eigenvalue weighted by molar-refractivity contribution is 7.99. The van der Waals surface area contributed by atoms with Crippen molar-refractivity contribution in [1.82, 2.24) is 20.5 Å². The number of hydrogen-bond donors (Lipinski definition) is 1. The molecule has 0 atom stereocenters. The van der Waals surface area contributed by atoms with Gasteiger partial charge in [0, 0.05) is 12.4 Å². The van der Waals surface area contributed by atoms with Crippen molar-refractivity contribution >= 4 is 35.1 Å². The highest BCUT2D eigenvalue weighted by atomic mass is 32.2. The maximum Gasteiger partial charge on any atom is 0.277 e. The molecule has 0 unspecified atom stereocenters. The molecule has 140 valence electrons. The fraction of sp³-hybridized carbons (Fsp3) is 0.111. The van der Waals surface area contributed by atoms with E-state index in [1.807, 2.05) is 18.2 Å². The molecule has 2 amide bonds. The van der Waals surface area contributed by atoms with Crippen molar-refractivity contribution in [2.75, 3.05) is 10.8 Å². The Morgan fingerprint density at radius 3 is 2.82 bits per heavy atom. The lowest BCUT2D eigenvalue weighted by molar-refractivity contribution is -0.117. The Morgan fingerprint density at radius 1 is 1.18 bits per heavy atom. The summed E-state index contributed by atoms with van der Waals surface area (Å²) in [6.45, 7) is 0. The third kappa shape index (κ3) is 4.07. The first-order valence-corrected chi connectivity index (χ1v) is 9.29. The lowest BCUT2D eigenvalue weighted by Gasteiger charge is -2.10. The van der Waals surface area contributed by atoms with E-state index in [0.717, 1.165) is 11.8 Å². The van der Waals surface area contributed by atoms with Crippen LogP contribution in [0.5, 0.6) is 0 Å². The number of benzene rings is 1. The first-order valence-electron chi connectivity index (χ1n) is 8.31. The molecule has 1 aliphatic rings. The second-order valence-electron chi connectivity index (χ2n) is 5.72. The molecule has 2 aromatic heterocycles. The minimum Gasteiger partial charge on any atom is -0.411 e. The van der Waals surface area contributed by atoms with Crippen molar-refractivity contribution in [2.45, 2.75) is 11.6 Å². The van der Waals surface area contributed by atoms with Gasteiger partial charge in [0.15, 0.2) is 0 Å². The molecule has 1 aliphatic heterocycles. The van der Waals surface area contributed by atoms with Gasteiger partial charge in [-0.2, -0.15) is 10.1 Å². The number of hydrazone groups is 1. The van der Waals surface area contributed by atoms with Gasteiger partial charge in [0.25, 0.3) is 11.1 Å². The molecule has 1 aromatic carbocycles. The van der Waals surface area contributed by atoms with Crippen molar-refractivity contribution in [1.29, 1.82) is 0 Å². The van der Waals surface area contributed by atoms with Crippen LogP contribution in [0.4, 0.5) is 5.69 Å². The van der Waals surface area contributed by atoms with Crippen molar-refractivity contribution in [3.63, 3.8) is 0 Å². The van der Waals surface area contributed by atoms with E-state index in [0.29, 0.717) is 23.0 Å². The van der Waals surface area contributed by atoms with Gasteiger partial charge in [0.1, 0.15) is 5.84 Å². The van der Waals surface area contributed by atoms with Gasteiger partial charge in [-0.05, 0) is 24.3 Å². The number of carbonyl (C=O) groups excluding carboxylic acids is 2. The third-order valence-corrected chi connectivity index (χ3v) is 4.52. The van der Waals surface area contributed by atoms with Crippen LogP contribution in [0.2, 0.25) is 0 Å². The Balaban J connectivity index is 1.33. The van der Waals surface area contributed by atoms with Crippen molar-refractivity contribution in [3.8, 4) is 11.5 Å². The number of carbonyl (C=O) groups is 2. The summed E-state index contributed by atoms with van der Waals surface area (Å²) in [7, 11) is 0. The largest absolute Gasteiger partial charge is 0.411 e. The maximum atomic E-state index is 12.2. The molecule has 0 aliphatic carbocycles. The van der Waals surface area contributed by atoms with Crippen LogP contribution < -0.4 is 10.3 Å². The normalized spacial score (nSPS) is 13.5. The van der Waals surface area contributed by atoms with Crippen LogP contribution in [0.15, 0.2) is 69.6 Å². The molecule has 3 aromatic rings. The second kappa shape index (κ2) is 8.01. The zero-order valence-electron chi connectivity index (χ0n) is 14.5. The van der Waals surface area contributed by atoms with Gasteiger partial charge in [-0.1, -0.05) is 30.0 Å². The summed E-state index contributed by atoms with van der Waals surface area (Å²) < 4.78 is 5.51. The summed E-state index contributed by atoms with van der Waals surface area (Å²) in [4.78, 5) is 28.2. The predicted molar refractivity (Wildman–Crippen MR) is 102 cm³/mol. The number of thioether (sulfide) groups is 1. The average Bonchev–Trinajstić information content (AvgIpc) is 3.34. The summed E-state index contributed by atoms with van der Waals surface area (Å²) in [6, 6.07) is 12.6. The van der Waals surface area contributed by atoms with Crippen LogP contribution in [-0.4, -0.2) is 38.6 Å². The Morgan fingerprint density at radius 2 is 2.04 bits per heavy atom. The standard InChI is InChI=1S/C18H14N6O3S/c25-15(11-28-18-22-21-17(27-18)12-5-4-8-19-10-12)20-14-9-16(26)24(23-14)13-6-2-1-3-7-13/h1-8,10H,9,11H2,(H,20,23,25). The number of para-hydroxylation sites is 1. The number of amides is 2. The highest BCUT2D eigenvalue weighted by Crippen LogP contribution is 2.22. The van der Waals surface area contributed by atoms with E-state index < -0.39 is 0 Å². The number of nitrogens with zero attached hydrogens (tertiary/aromatic N) is 5. The molecule has 0 radical (unpaired) electrons. The number of anilines is 1. The summed E-state index contributed by atoms with van der Waals surface area (Å²) in [5, 5.41) is 16.2. The minimum absolute atomic E-state index is 0.0387. The molecule has 0 saturated heterocycles. The molecule has 10 heteroatoms. The molecule has 9 nitrogen and oxygen atoms in total. The maximum absolute atomic E-state index is 12.2. The molecule has 4 rings (SSSR count). The van der Waals surface area contributed by atoms with Gasteiger partial charge >= 0.3 is 0 Å². The van der Waals surface area contributed by atoms with Crippen molar-refractivity contribution < 1.29 is 14.0 Å². The van der Waals surface area contributed by atoms with E-state index in [-0.39, 0.29) is 29.2 Å². The molecule has 28 heavy (non-hydrogen) atoms. The minimum atomic E-state index is -0.312. The highest BCUT2D eigenvalue weighted by Gasteiger charge is 2.26. The molecular weight excluding hydrogens is 380 g/mol. The monoisotopic (exact) mass is 394 g/mol. The molecule has 0 spiro atoms. The van der Waals surface area contributed by atoms with Crippen molar-refractivity contribution in [2.24, 2.45) is 5.10 Å². The Hall–Kier alpha value is -3.53. The van der Waals surface area contributed by atoms with E-state index >= 15 is 0 Å². The smallest absolute Gasteiger partial charge is 0.277 e. The van der Waals surface area contributed by atoms with E-state index in [9.17, 15) is 9.59 Å². The van der Waals surface area contributed by atoms with E-state index in [2.05, 4.69) is 25.6 Å². The lowest BCUT2D eigenvalue weighted by atomic mass is 10.3. The summed E-state index contributed by atoms with van der Waals surface area (Å²) in [6.07, 6.45) is 3.30. The average molecular weight is 394 g/mol. The van der Waals surface area contributed by atoms with Gasteiger partial charge in [0.05, 0.1) is 23.4 Å². The van der Waals surface area contributed by atoms with Crippen LogP contribution in [0.25, 0.3) is 11.5 Å². The first-order chi connectivity index (χ1) is 13.7. The molecule has 3 heterocycles. The summed E-state index contributed by atoms with van der Waals surface area (Å²) >= 11 is 1.10. The second-order valence-corrected chi connectivity index (χ2v) is 6.64. The van der Waals surface area contributed by atoms with Gasteiger partial charge in [-0.25, -0.2) is 0 Å². The number of nitrogens with one attached hydrogen (secondary N) is 1. The Kier molecular flexibility index (Phi) is 5.11. The quantitative estimate of drug-likeness (QED) is 0.659. The van der Waals surface area contributed by atoms with Gasteiger partial charge in [-0.3, -0.25) is 14.6 Å². The first kappa shape index (κ1) is 17.9. The SMILES string of the molecule is O=C(CSc1nnc(-c2cccnc2)o1)NC1=NN(c2ccccc2)C(=O)C1. The molecule has 0 fully saturated rings. The van der Waals surface area contributed by atoms with Crippen LogP contribution in [0, 0.1) is 0 Å². The van der Waals surface area contributed by atoms with Gasteiger partial charge < -0.3 is 9.73 Å². The zero-order chi connectivity index (χ0) is 19.3. The fourth-order valence-corrected chi connectivity index (χ4v) is 3.03. The number of hydrogen-bond acceptors (Lipinski definition) is 8. The number of aromatic nitrogens is 3. The number of pyridine rings is 1. The number of amidine groups is 1. The topological polar surface area (TPSA) is 114 Å². The molecule has 0 bridgehead atoms. The predicted octanol–water partition coefficient (Wildman–Crippen LogP) is 2.09.